The third-order valence-electron chi connectivity index (χ3n) is 3.29. The summed E-state index contributed by atoms with van der Waals surface area (Å²) in [6.07, 6.45) is -1.91. The van der Waals surface area contributed by atoms with Crippen LogP contribution in [0.15, 0.2) is 24.3 Å². The van der Waals surface area contributed by atoms with Gasteiger partial charge in [0.1, 0.15) is 5.75 Å². The second kappa shape index (κ2) is 5.18. The van der Waals surface area contributed by atoms with Gasteiger partial charge in [0.05, 0.1) is 6.10 Å². The first kappa shape index (κ1) is 13.2. The molecule has 1 fully saturated rings. The number of alkyl halides is 3. The highest BCUT2D eigenvalue weighted by Crippen LogP contribution is 2.38. The topological polar surface area (TPSA) is 29.5 Å². The number of aliphatic hydroxyl groups excluding tert-OH is 1. The van der Waals surface area contributed by atoms with E-state index >= 15 is 0 Å². The summed E-state index contributed by atoms with van der Waals surface area (Å²) < 4.78 is 40.6. The molecule has 0 heterocycles. The lowest BCUT2D eigenvalue weighted by atomic mass is 9.80. The molecule has 5 heteroatoms. The van der Waals surface area contributed by atoms with Crippen LogP contribution in [-0.4, -0.2) is 11.5 Å². The van der Waals surface area contributed by atoms with Crippen molar-refractivity contribution in [1.82, 2.24) is 0 Å². The Hall–Kier alpha value is -1.23. The standard InChI is InChI=1S/C13H15F3O2/c14-13(15,16)18-12-7-2-1-6-10(12)11(17)8-9-4-3-5-9/h1-2,6-7,9,11,17H,3-5,8H2. The molecule has 1 aromatic rings. The maximum atomic E-state index is 12.2. The predicted octanol–water partition coefficient (Wildman–Crippen LogP) is 3.81. The molecular formula is C13H15F3O2. The van der Waals surface area contributed by atoms with Crippen LogP contribution in [0.2, 0.25) is 0 Å². The largest absolute Gasteiger partial charge is 0.573 e. The highest BCUT2D eigenvalue weighted by Gasteiger charge is 2.33. The normalized spacial score (nSPS) is 18.2. The summed E-state index contributed by atoms with van der Waals surface area (Å²) in [5.74, 6) is 0.107. The zero-order valence-electron chi connectivity index (χ0n) is 9.78. The van der Waals surface area contributed by atoms with Crippen LogP contribution in [0.25, 0.3) is 0 Å². The Morgan fingerprint density at radius 3 is 2.50 bits per heavy atom. The zero-order chi connectivity index (χ0) is 13.2. The highest BCUT2D eigenvalue weighted by molar-refractivity contribution is 5.35. The average molecular weight is 260 g/mol. The smallest absolute Gasteiger partial charge is 0.405 e. The monoisotopic (exact) mass is 260 g/mol. The van der Waals surface area contributed by atoms with Gasteiger partial charge in [-0.2, -0.15) is 0 Å². The Balaban J connectivity index is 2.10. The van der Waals surface area contributed by atoms with E-state index in [1.54, 1.807) is 6.07 Å². The third kappa shape index (κ3) is 3.38. The molecule has 0 radical (unpaired) electrons. The van der Waals surface area contributed by atoms with E-state index in [2.05, 4.69) is 4.74 Å². The molecule has 1 N–H and O–H groups in total. The molecule has 0 bridgehead atoms. The number of hydrogen-bond acceptors (Lipinski definition) is 2. The third-order valence-corrected chi connectivity index (χ3v) is 3.29. The average Bonchev–Trinajstić information content (AvgIpc) is 2.21. The minimum Gasteiger partial charge on any atom is -0.405 e. The van der Waals surface area contributed by atoms with Gasteiger partial charge in [-0.05, 0) is 18.4 Å². The molecule has 0 spiro atoms. The molecule has 1 unspecified atom stereocenters. The molecular weight excluding hydrogens is 245 g/mol. The van der Waals surface area contributed by atoms with E-state index in [0.717, 1.165) is 19.3 Å². The summed E-state index contributed by atoms with van der Waals surface area (Å²) in [4.78, 5) is 0. The fourth-order valence-electron chi connectivity index (χ4n) is 2.14. The van der Waals surface area contributed by atoms with Gasteiger partial charge in [-0.25, -0.2) is 0 Å². The molecule has 2 nitrogen and oxygen atoms in total. The maximum Gasteiger partial charge on any atom is 0.573 e. The van der Waals surface area contributed by atoms with Crippen molar-refractivity contribution in [3.05, 3.63) is 29.8 Å². The number of para-hydroxylation sites is 1. The van der Waals surface area contributed by atoms with Crippen LogP contribution in [0.3, 0.4) is 0 Å². The first-order valence-electron chi connectivity index (χ1n) is 5.98. The molecule has 1 aromatic carbocycles. The van der Waals surface area contributed by atoms with Crippen LogP contribution in [0, 0.1) is 5.92 Å². The van der Waals surface area contributed by atoms with Gasteiger partial charge in [0.25, 0.3) is 0 Å². The van der Waals surface area contributed by atoms with Crippen molar-refractivity contribution < 1.29 is 23.0 Å². The highest BCUT2D eigenvalue weighted by atomic mass is 19.4. The van der Waals surface area contributed by atoms with Crippen molar-refractivity contribution in [2.45, 2.75) is 38.1 Å². The number of ether oxygens (including phenoxy) is 1. The minimum atomic E-state index is -4.73. The van der Waals surface area contributed by atoms with E-state index in [-0.39, 0.29) is 11.3 Å². The van der Waals surface area contributed by atoms with Gasteiger partial charge in [0, 0.05) is 5.56 Å². The molecule has 0 aliphatic heterocycles. The number of halogens is 3. The number of aliphatic hydroxyl groups is 1. The van der Waals surface area contributed by atoms with E-state index < -0.39 is 12.5 Å². The number of hydrogen-bond donors (Lipinski definition) is 1. The van der Waals surface area contributed by atoms with E-state index in [1.165, 1.54) is 18.2 Å². The van der Waals surface area contributed by atoms with E-state index in [0.29, 0.717) is 12.3 Å². The minimum absolute atomic E-state index is 0.210. The van der Waals surface area contributed by atoms with Crippen molar-refractivity contribution in [3.8, 4) is 5.75 Å². The van der Waals surface area contributed by atoms with Gasteiger partial charge in [0.2, 0.25) is 0 Å². The van der Waals surface area contributed by atoms with E-state index in [9.17, 15) is 18.3 Å². The van der Waals surface area contributed by atoms with Crippen molar-refractivity contribution in [2.24, 2.45) is 5.92 Å². The fraction of sp³-hybridized carbons (Fsp3) is 0.538. The van der Waals surface area contributed by atoms with Gasteiger partial charge in [-0.15, -0.1) is 13.2 Å². The van der Waals surface area contributed by atoms with Gasteiger partial charge in [-0.1, -0.05) is 37.5 Å². The molecule has 0 saturated heterocycles. The molecule has 2 rings (SSSR count). The zero-order valence-corrected chi connectivity index (χ0v) is 9.78. The molecule has 100 valence electrons. The quantitative estimate of drug-likeness (QED) is 0.892. The van der Waals surface area contributed by atoms with E-state index in [4.69, 9.17) is 0 Å². The van der Waals surface area contributed by atoms with Crippen molar-refractivity contribution in [1.29, 1.82) is 0 Å². The lowest BCUT2D eigenvalue weighted by Gasteiger charge is -2.28. The van der Waals surface area contributed by atoms with Crippen LogP contribution >= 0.6 is 0 Å². The van der Waals surface area contributed by atoms with Gasteiger partial charge < -0.3 is 9.84 Å². The van der Waals surface area contributed by atoms with Gasteiger partial charge in [0.15, 0.2) is 0 Å². The Labute approximate surface area is 103 Å². The second-order valence-corrected chi connectivity index (χ2v) is 4.63. The maximum absolute atomic E-state index is 12.2. The van der Waals surface area contributed by atoms with Gasteiger partial charge >= 0.3 is 6.36 Å². The summed E-state index contributed by atoms with van der Waals surface area (Å²) >= 11 is 0. The van der Waals surface area contributed by atoms with Crippen molar-refractivity contribution >= 4 is 0 Å². The Kier molecular flexibility index (Phi) is 3.80. The summed E-state index contributed by atoms with van der Waals surface area (Å²) in [6.45, 7) is 0. The van der Waals surface area contributed by atoms with Crippen LogP contribution in [0.4, 0.5) is 13.2 Å². The van der Waals surface area contributed by atoms with Crippen molar-refractivity contribution in [3.63, 3.8) is 0 Å². The lowest BCUT2D eigenvalue weighted by molar-refractivity contribution is -0.275. The lowest BCUT2D eigenvalue weighted by Crippen LogP contribution is -2.20. The molecule has 1 atom stereocenters. The van der Waals surface area contributed by atoms with Crippen LogP contribution in [-0.2, 0) is 0 Å². The van der Waals surface area contributed by atoms with Crippen LogP contribution < -0.4 is 4.74 Å². The van der Waals surface area contributed by atoms with E-state index in [1.807, 2.05) is 0 Å². The fourth-order valence-corrected chi connectivity index (χ4v) is 2.14. The first-order valence-corrected chi connectivity index (χ1v) is 5.98. The van der Waals surface area contributed by atoms with Gasteiger partial charge in [-0.3, -0.25) is 0 Å². The predicted molar refractivity (Wildman–Crippen MR) is 60.0 cm³/mol. The summed E-state index contributed by atoms with van der Waals surface area (Å²) in [6, 6.07) is 5.76. The number of benzene rings is 1. The van der Waals surface area contributed by atoms with Crippen LogP contribution in [0.1, 0.15) is 37.4 Å². The molecule has 1 aliphatic carbocycles. The summed E-state index contributed by atoms with van der Waals surface area (Å²) in [5, 5.41) is 9.99. The summed E-state index contributed by atoms with van der Waals surface area (Å²) in [7, 11) is 0. The Morgan fingerprint density at radius 1 is 1.28 bits per heavy atom. The summed E-state index contributed by atoms with van der Waals surface area (Å²) in [5.41, 5.74) is 0.210. The van der Waals surface area contributed by atoms with Crippen molar-refractivity contribution in [2.75, 3.05) is 0 Å². The van der Waals surface area contributed by atoms with Crippen LogP contribution in [0.5, 0.6) is 5.75 Å². The molecule has 1 saturated carbocycles. The SMILES string of the molecule is OC(CC1CCC1)c1ccccc1OC(F)(F)F. The molecule has 0 aromatic heterocycles. The Morgan fingerprint density at radius 2 is 1.94 bits per heavy atom. The second-order valence-electron chi connectivity index (χ2n) is 4.63. The Bertz CT molecular complexity index is 399. The molecule has 18 heavy (non-hydrogen) atoms. The first-order chi connectivity index (χ1) is 8.46. The molecule has 1 aliphatic rings. The number of rotatable bonds is 4. The molecule has 0 amide bonds.